The van der Waals surface area contributed by atoms with Gasteiger partial charge in [-0.05, 0) is 12.8 Å². The van der Waals surface area contributed by atoms with Crippen LogP contribution in [-0.4, -0.2) is 84.6 Å². The molecule has 0 aromatic carbocycles. The smallest absolute Gasteiger partial charge is 0.393 e. The fourth-order valence-electron chi connectivity index (χ4n) is 3.53. The molecule has 3 rings (SSSR count). The first-order valence-corrected chi connectivity index (χ1v) is 13.0. The van der Waals surface area contributed by atoms with Gasteiger partial charge in [-0.25, -0.2) is 9.55 Å². The minimum absolute atomic E-state index is 0.0391. The van der Waals surface area contributed by atoms with E-state index >= 15 is 0 Å². The Hall–Kier alpha value is -1.68. The number of aromatic nitrogens is 4. The molecule has 1 amide bonds. The first-order chi connectivity index (χ1) is 16.1. The van der Waals surface area contributed by atoms with E-state index in [2.05, 4.69) is 25.0 Å². The van der Waals surface area contributed by atoms with Crippen molar-refractivity contribution in [1.29, 1.82) is 0 Å². The summed E-state index contributed by atoms with van der Waals surface area (Å²) in [7, 11) is -3.27. The Morgan fingerprint density at radius 1 is 1.41 bits per heavy atom. The predicted octanol–water partition coefficient (Wildman–Crippen LogP) is 0.0666. The number of hydrogen-bond acceptors (Lipinski definition) is 11. The van der Waals surface area contributed by atoms with E-state index in [-0.39, 0.29) is 11.0 Å². The zero-order valence-electron chi connectivity index (χ0n) is 18.4. The van der Waals surface area contributed by atoms with Gasteiger partial charge in [0.05, 0.1) is 24.4 Å². The first kappa shape index (κ1) is 26.9. The average Bonchev–Trinajstić information content (AvgIpc) is 3.41. The van der Waals surface area contributed by atoms with Crippen LogP contribution in [0.25, 0.3) is 0 Å². The highest BCUT2D eigenvalue weighted by molar-refractivity contribution is 7.46. The summed E-state index contributed by atoms with van der Waals surface area (Å²) in [6, 6.07) is -0.402. The molecular weight excluding hydrogens is 515 g/mol. The van der Waals surface area contributed by atoms with Gasteiger partial charge in [-0.3, -0.25) is 13.9 Å². The molecule has 0 radical (unpaired) electrons. The number of aliphatic hydroxyl groups excluding tert-OH is 2. The molecule has 1 aliphatic rings. The number of nitrogens with one attached hydrogen (secondary N) is 1. The molecule has 190 valence electrons. The molecule has 3 atom stereocenters. The van der Waals surface area contributed by atoms with Crippen molar-refractivity contribution in [3.63, 3.8) is 0 Å². The molecule has 0 aliphatic carbocycles. The Labute approximate surface area is 203 Å². The standard InChI is InChI=1S/C17H26ClN6O8PS/c1-3-10-13(18)20-14(24(10)8-32-33(28,29)30)15(27)19-9-4-5-23(6-12(9)31-2)17-22-21-16(34-17)11(26)7-25/h9,11-12,25-26H,3-8H2,1-2H3,(H,19,27)(H2,28,29,30)/t9-,11-,12+/m1/s1. The second-order valence-corrected chi connectivity index (χ2v) is 10.00. The van der Waals surface area contributed by atoms with Gasteiger partial charge in [0, 0.05) is 20.2 Å². The van der Waals surface area contributed by atoms with Crippen LogP contribution in [0.15, 0.2) is 0 Å². The van der Waals surface area contributed by atoms with Gasteiger partial charge in [-0.1, -0.05) is 29.9 Å². The van der Waals surface area contributed by atoms with Crippen molar-refractivity contribution in [2.24, 2.45) is 0 Å². The number of halogens is 1. The summed E-state index contributed by atoms with van der Waals surface area (Å²) < 4.78 is 22.5. The molecule has 1 aliphatic heterocycles. The number of methoxy groups -OCH3 is 1. The zero-order valence-corrected chi connectivity index (χ0v) is 20.8. The van der Waals surface area contributed by atoms with Crippen molar-refractivity contribution in [3.05, 3.63) is 21.7 Å². The topological polar surface area (TPSA) is 192 Å². The molecule has 0 bridgehead atoms. The third-order valence-electron chi connectivity index (χ3n) is 5.25. The second-order valence-electron chi connectivity index (χ2n) is 7.41. The van der Waals surface area contributed by atoms with Crippen LogP contribution in [-0.2, 0) is 27.0 Å². The molecule has 2 aromatic rings. The third kappa shape index (κ3) is 6.30. The van der Waals surface area contributed by atoms with Gasteiger partial charge in [0.15, 0.2) is 5.15 Å². The minimum Gasteiger partial charge on any atom is -0.393 e. The van der Waals surface area contributed by atoms with Gasteiger partial charge >= 0.3 is 7.82 Å². The largest absolute Gasteiger partial charge is 0.471 e. The molecule has 1 fully saturated rings. The molecule has 14 nitrogen and oxygen atoms in total. The number of aliphatic hydroxyl groups is 2. The van der Waals surface area contributed by atoms with Crippen molar-refractivity contribution < 1.29 is 38.6 Å². The lowest BCUT2D eigenvalue weighted by molar-refractivity contribution is 0.0532. The van der Waals surface area contributed by atoms with E-state index in [1.807, 2.05) is 4.90 Å². The monoisotopic (exact) mass is 540 g/mol. The molecule has 5 N–H and O–H groups in total. The summed E-state index contributed by atoms with van der Waals surface area (Å²) in [5.74, 6) is -0.736. The van der Waals surface area contributed by atoms with Crippen LogP contribution < -0.4 is 10.2 Å². The van der Waals surface area contributed by atoms with Crippen LogP contribution in [0.5, 0.6) is 0 Å². The van der Waals surface area contributed by atoms with Crippen LogP contribution in [0.3, 0.4) is 0 Å². The maximum atomic E-state index is 13.0. The van der Waals surface area contributed by atoms with Crippen LogP contribution in [0.4, 0.5) is 5.13 Å². The number of carbonyl (C=O) groups excluding carboxylic acids is 1. The first-order valence-electron chi connectivity index (χ1n) is 10.2. The maximum absolute atomic E-state index is 13.0. The normalized spacial score (nSPS) is 19.9. The van der Waals surface area contributed by atoms with Gasteiger partial charge in [0.25, 0.3) is 5.91 Å². The lowest BCUT2D eigenvalue weighted by atomic mass is 10.0. The van der Waals surface area contributed by atoms with Gasteiger partial charge < -0.3 is 35.0 Å². The molecule has 0 spiro atoms. The Morgan fingerprint density at radius 3 is 2.76 bits per heavy atom. The number of imidazole rings is 1. The predicted molar refractivity (Wildman–Crippen MR) is 121 cm³/mol. The number of nitrogens with zero attached hydrogens (tertiary/aromatic N) is 5. The van der Waals surface area contributed by atoms with E-state index in [4.69, 9.17) is 31.2 Å². The number of carbonyl (C=O) groups is 1. The zero-order chi connectivity index (χ0) is 25.0. The van der Waals surface area contributed by atoms with E-state index in [1.165, 1.54) is 11.7 Å². The highest BCUT2D eigenvalue weighted by Gasteiger charge is 2.34. The molecule has 3 heterocycles. The van der Waals surface area contributed by atoms with Gasteiger partial charge in [0.2, 0.25) is 11.0 Å². The van der Waals surface area contributed by atoms with Gasteiger partial charge in [-0.15, -0.1) is 10.2 Å². The molecular formula is C17H26ClN6O8PS. The van der Waals surface area contributed by atoms with Gasteiger partial charge in [-0.2, -0.15) is 0 Å². The number of amides is 1. The van der Waals surface area contributed by atoms with Crippen molar-refractivity contribution >= 4 is 41.8 Å². The summed E-state index contributed by atoms with van der Waals surface area (Å²) >= 11 is 7.28. The number of phosphoric ester groups is 1. The fourth-order valence-corrected chi connectivity index (χ4v) is 4.97. The van der Waals surface area contributed by atoms with Crippen LogP contribution in [0.1, 0.15) is 40.8 Å². The highest BCUT2D eigenvalue weighted by Crippen LogP contribution is 2.37. The summed E-state index contributed by atoms with van der Waals surface area (Å²) in [6.07, 6.45) is -0.684. The number of piperidine rings is 1. The molecule has 34 heavy (non-hydrogen) atoms. The SMILES string of the molecule is CCc1c(Cl)nc(C(=O)N[C@@H]2CCN(c3nnc([C@H](O)CO)s3)C[C@@H]2OC)n1COP(=O)(O)O. The lowest BCUT2D eigenvalue weighted by Gasteiger charge is -2.37. The Morgan fingerprint density at radius 2 is 2.15 bits per heavy atom. The number of phosphoric acid groups is 1. The molecule has 0 saturated carbocycles. The number of ether oxygens (including phenoxy) is 1. The Balaban J connectivity index is 1.72. The molecule has 17 heteroatoms. The summed E-state index contributed by atoms with van der Waals surface area (Å²) in [5, 5.41) is 30.5. The fraction of sp³-hybridized carbons (Fsp3) is 0.647. The highest BCUT2D eigenvalue weighted by atomic mass is 35.5. The second kappa shape index (κ2) is 11.4. The average molecular weight is 541 g/mol. The summed E-state index contributed by atoms with van der Waals surface area (Å²) in [6.45, 7) is 1.59. The Kier molecular flexibility index (Phi) is 9.00. The van der Waals surface area contributed by atoms with Crippen molar-refractivity contribution in [2.45, 2.75) is 44.7 Å². The van der Waals surface area contributed by atoms with E-state index < -0.39 is 45.3 Å². The Bertz CT molecular complexity index is 1050. The van der Waals surface area contributed by atoms with Crippen LogP contribution in [0.2, 0.25) is 5.15 Å². The van der Waals surface area contributed by atoms with Crippen molar-refractivity contribution in [3.8, 4) is 0 Å². The minimum atomic E-state index is -4.78. The van der Waals surface area contributed by atoms with Crippen LogP contribution >= 0.6 is 30.8 Å². The van der Waals surface area contributed by atoms with E-state index in [9.17, 15) is 14.5 Å². The molecule has 0 unspecified atom stereocenters. The van der Waals surface area contributed by atoms with E-state index in [1.54, 1.807) is 6.92 Å². The van der Waals surface area contributed by atoms with Gasteiger partial charge in [0.1, 0.15) is 17.8 Å². The molecule has 2 aromatic heterocycles. The quantitative estimate of drug-likeness (QED) is 0.255. The van der Waals surface area contributed by atoms with Crippen molar-refractivity contribution in [2.75, 3.05) is 31.7 Å². The molecule has 1 saturated heterocycles. The van der Waals surface area contributed by atoms with E-state index in [0.717, 1.165) is 11.3 Å². The lowest BCUT2D eigenvalue weighted by Crippen LogP contribution is -2.55. The van der Waals surface area contributed by atoms with E-state index in [0.29, 0.717) is 41.8 Å². The van der Waals surface area contributed by atoms with Crippen LogP contribution in [0, 0.1) is 0 Å². The number of anilines is 1. The summed E-state index contributed by atoms with van der Waals surface area (Å²) in [4.78, 5) is 37.1. The number of hydrogen-bond donors (Lipinski definition) is 5. The summed E-state index contributed by atoms with van der Waals surface area (Å²) in [5.41, 5.74) is 0.399. The van der Waals surface area contributed by atoms with Crippen molar-refractivity contribution in [1.82, 2.24) is 25.1 Å². The number of rotatable bonds is 10. The maximum Gasteiger partial charge on any atom is 0.471 e. The third-order valence-corrected chi connectivity index (χ3v) is 7.09.